The van der Waals surface area contributed by atoms with Gasteiger partial charge in [0.05, 0.1) is 0 Å². The molecular formula is CHNNaO4S. The molecule has 1 N–H and O–H groups in total. The summed E-state index contributed by atoms with van der Waals surface area (Å²) in [5.41, 5.74) is 0. The van der Waals surface area contributed by atoms with Gasteiger partial charge >= 0.3 is 16.7 Å². The van der Waals surface area contributed by atoms with Crippen LogP contribution in [0.1, 0.15) is 0 Å². The maximum Gasteiger partial charge on any atom is 0.456 e. The van der Waals surface area contributed by atoms with Crippen molar-refractivity contribution < 1.29 is 17.2 Å². The number of rotatable bonds is 1. The van der Waals surface area contributed by atoms with Gasteiger partial charge in [-0.3, -0.25) is 8.74 Å². The van der Waals surface area contributed by atoms with Crippen molar-refractivity contribution in [3.63, 3.8) is 0 Å². The van der Waals surface area contributed by atoms with Crippen LogP contribution >= 0.6 is 0 Å². The minimum Gasteiger partial charge on any atom is -0.281 e. The van der Waals surface area contributed by atoms with Crippen molar-refractivity contribution in [2.45, 2.75) is 0 Å². The fraction of sp³-hybridized carbons (Fsp3) is 0. The molecule has 0 unspecified atom stereocenters. The molecule has 0 aromatic carbocycles. The van der Waals surface area contributed by atoms with Crippen LogP contribution in [0, 0.1) is 11.5 Å². The fourth-order valence-electron chi connectivity index (χ4n) is 0.0471. The van der Waals surface area contributed by atoms with Crippen molar-refractivity contribution in [3.8, 4) is 6.26 Å². The minimum absolute atomic E-state index is 0. The van der Waals surface area contributed by atoms with Gasteiger partial charge in [0.25, 0.3) is 0 Å². The molecule has 0 aliphatic rings. The molecule has 0 rings (SSSR count). The summed E-state index contributed by atoms with van der Waals surface area (Å²) in [6, 6.07) is 0. The summed E-state index contributed by atoms with van der Waals surface area (Å²) in [4.78, 5) is 0. The van der Waals surface area contributed by atoms with E-state index < -0.39 is 10.4 Å². The third kappa shape index (κ3) is 9.50. The van der Waals surface area contributed by atoms with Gasteiger partial charge in [-0.05, 0) is 0 Å². The predicted molar refractivity (Wildman–Crippen MR) is 24.0 cm³/mol. The molecule has 0 saturated heterocycles. The van der Waals surface area contributed by atoms with Gasteiger partial charge in [0.15, 0.2) is 0 Å². The zero-order valence-corrected chi connectivity index (χ0v) is 6.84. The van der Waals surface area contributed by atoms with E-state index in [4.69, 9.17) is 9.81 Å². The van der Waals surface area contributed by atoms with E-state index in [0.29, 0.717) is 0 Å². The molecule has 0 spiro atoms. The summed E-state index contributed by atoms with van der Waals surface area (Å²) in [6.45, 7) is 0. The summed E-state index contributed by atoms with van der Waals surface area (Å²) in [5.74, 6) is 0. The molecule has 0 atom stereocenters. The third-order valence-corrected chi connectivity index (χ3v) is 0.428. The van der Waals surface area contributed by atoms with E-state index in [-0.39, 0.29) is 29.6 Å². The molecule has 0 aliphatic carbocycles. The third-order valence-electron chi connectivity index (χ3n) is 0.143. The molecule has 0 heterocycles. The molecule has 0 amide bonds. The molecule has 0 fully saturated rings. The van der Waals surface area contributed by atoms with Gasteiger partial charge in [-0.15, -0.1) is 5.26 Å². The van der Waals surface area contributed by atoms with Gasteiger partial charge in [-0.2, -0.15) is 8.42 Å². The van der Waals surface area contributed by atoms with Crippen molar-refractivity contribution >= 4 is 40.0 Å². The Labute approximate surface area is 68.5 Å². The van der Waals surface area contributed by atoms with E-state index in [9.17, 15) is 8.42 Å². The number of nitrogens with zero attached hydrogens (tertiary/aromatic N) is 1. The molecule has 0 saturated carbocycles. The Morgan fingerprint density at radius 2 is 2.00 bits per heavy atom. The molecule has 0 bridgehead atoms. The average Bonchev–Trinajstić information content (AvgIpc) is 1.30. The molecular weight excluding hydrogens is 145 g/mol. The Bertz CT molecular complexity index is 177. The maximum absolute atomic E-state index is 9.34. The Morgan fingerprint density at radius 3 is 2.00 bits per heavy atom. The maximum atomic E-state index is 9.34. The van der Waals surface area contributed by atoms with E-state index in [1.54, 1.807) is 0 Å². The van der Waals surface area contributed by atoms with Crippen LogP contribution in [0.2, 0.25) is 0 Å². The molecule has 8 heavy (non-hydrogen) atoms. The Morgan fingerprint density at radius 1 is 1.62 bits per heavy atom. The van der Waals surface area contributed by atoms with Crippen LogP contribution in [0.5, 0.6) is 0 Å². The van der Waals surface area contributed by atoms with Gasteiger partial charge in [-0.25, -0.2) is 0 Å². The van der Waals surface area contributed by atoms with E-state index in [2.05, 4.69) is 4.18 Å². The Kier molecular flexibility index (Phi) is 5.69. The smallest absolute Gasteiger partial charge is 0.281 e. The van der Waals surface area contributed by atoms with Crippen LogP contribution in [0.25, 0.3) is 0 Å². The zero-order chi connectivity index (χ0) is 5.91. The first-order valence-electron chi connectivity index (χ1n) is 1.11. The van der Waals surface area contributed by atoms with E-state index in [0.717, 1.165) is 6.26 Å². The Hall–Kier alpha value is 0.200. The Balaban J connectivity index is 0. The molecule has 0 aliphatic heterocycles. The second-order valence-corrected chi connectivity index (χ2v) is 1.62. The molecule has 5 nitrogen and oxygen atoms in total. The first kappa shape index (κ1) is 11.1. The van der Waals surface area contributed by atoms with E-state index in [1.807, 2.05) is 0 Å². The summed E-state index contributed by atoms with van der Waals surface area (Å²) in [6.07, 6.45) is 0.770. The zero-order valence-electron chi connectivity index (χ0n) is 4.03. The molecule has 41 valence electrons. The van der Waals surface area contributed by atoms with Crippen molar-refractivity contribution in [3.05, 3.63) is 0 Å². The van der Waals surface area contributed by atoms with Crippen molar-refractivity contribution in [2.75, 3.05) is 0 Å². The van der Waals surface area contributed by atoms with Gasteiger partial charge in [-0.1, -0.05) is 0 Å². The number of hydrogen-bond donors (Lipinski definition) is 1. The van der Waals surface area contributed by atoms with Gasteiger partial charge < -0.3 is 0 Å². The molecule has 0 aromatic rings. The second kappa shape index (κ2) is 4.12. The molecule has 1 radical (unpaired) electrons. The first-order chi connectivity index (χ1) is 3.06. The van der Waals surface area contributed by atoms with Crippen LogP contribution in [0.4, 0.5) is 0 Å². The number of nitriles is 1. The molecule has 7 heteroatoms. The second-order valence-electron chi connectivity index (χ2n) is 0.602. The quantitative estimate of drug-likeness (QED) is 0.288. The largest absolute Gasteiger partial charge is 0.456 e. The number of hydrogen-bond acceptors (Lipinski definition) is 4. The van der Waals surface area contributed by atoms with Crippen LogP contribution in [0.3, 0.4) is 0 Å². The van der Waals surface area contributed by atoms with Gasteiger partial charge in [0.2, 0.25) is 0 Å². The van der Waals surface area contributed by atoms with Gasteiger partial charge in [0.1, 0.15) is 0 Å². The summed E-state index contributed by atoms with van der Waals surface area (Å²) < 4.78 is 29.3. The monoisotopic (exact) mass is 146 g/mol. The summed E-state index contributed by atoms with van der Waals surface area (Å²) in [5, 5.41) is 7.39. The minimum atomic E-state index is -4.54. The van der Waals surface area contributed by atoms with E-state index in [1.165, 1.54) is 0 Å². The van der Waals surface area contributed by atoms with Crippen molar-refractivity contribution in [1.82, 2.24) is 0 Å². The van der Waals surface area contributed by atoms with Crippen LogP contribution in [-0.4, -0.2) is 42.5 Å². The predicted octanol–water partition coefficient (Wildman–Crippen LogP) is -1.09. The van der Waals surface area contributed by atoms with Crippen LogP contribution < -0.4 is 0 Å². The van der Waals surface area contributed by atoms with Crippen molar-refractivity contribution in [2.24, 2.45) is 0 Å². The SMILES string of the molecule is N#COS(=O)(=O)O.[Na]. The normalized spacial score (nSPS) is 8.50. The van der Waals surface area contributed by atoms with Crippen molar-refractivity contribution in [1.29, 1.82) is 5.26 Å². The topological polar surface area (TPSA) is 87.4 Å². The van der Waals surface area contributed by atoms with Gasteiger partial charge in [0, 0.05) is 29.6 Å². The van der Waals surface area contributed by atoms with Crippen LogP contribution in [0.15, 0.2) is 0 Å². The summed E-state index contributed by atoms with van der Waals surface area (Å²) in [7, 11) is -4.54. The average molecular weight is 146 g/mol. The molecule has 0 aromatic heterocycles. The fourth-order valence-corrected chi connectivity index (χ4v) is 0.141. The van der Waals surface area contributed by atoms with Crippen LogP contribution in [-0.2, 0) is 14.6 Å². The standard InChI is InChI=1S/CHNO4S.Na/c2-1-6-7(3,4)5;/h(H,3,4,5);. The summed E-state index contributed by atoms with van der Waals surface area (Å²) >= 11 is 0. The van der Waals surface area contributed by atoms with E-state index >= 15 is 0 Å². The first-order valence-corrected chi connectivity index (χ1v) is 2.48.